The second-order valence-corrected chi connectivity index (χ2v) is 4.56. The van der Waals surface area contributed by atoms with Crippen LogP contribution < -0.4 is 5.32 Å². The van der Waals surface area contributed by atoms with Crippen LogP contribution in [0.3, 0.4) is 0 Å². The number of nitrogens with zero attached hydrogens (tertiary/aromatic N) is 1. The molecule has 0 heterocycles. The average molecular weight is 264 g/mol. The van der Waals surface area contributed by atoms with E-state index in [1.165, 1.54) is 5.56 Å². The standard InChI is InChI=1S/C15H24N2O2/c1-3-19-15(18)12-16-10-7-11-17(2)13-14-8-5-4-6-9-14/h4-6,8-9,16H,3,7,10-13H2,1-2H3. The van der Waals surface area contributed by atoms with E-state index < -0.39 is 0 Å². The van der Waals surface area contributed by atoms with Gasteiger partial charge < -0.3 is 15.0 Å². The lowest BCUT2D eigenvalue weighted by Gasteiger charge is -2.16. The van der Waals surface area contributed by atoms with Gasteiger partial charge in [-0.3, -0.25) is 4.79 Å². The van der Waals surface area contributed by atoms with E-state index in [1.807, 2.05) is 13.0 Å². The van der Waals surface area contributed by atoms with Crippen LogP contribution in [0.5, 0.6) is 0 Å². The van der Waals surface area contributed by atoms with E-state index in [9.17, 15) is 4.79 Å². The quantitative estimate of drug-likeness (QED) is 0.544. The van der Waals surface area contributed by atoms with Gasteiger partial charge in [0.2, 0.25) is 0 Å². The minimum atomic E-state index is -0.180. The lowest BCUT2D eigenvalue weighted by Crippen LogP contribution is -2.28. The maximum absolute atomic E-state index is 11.1. The van der Waals surface area contributed by atoms with Crippen molar-refractivity contribution in [3.05, 3.63) is 35.9 Å². The Labute approximate surface area is 115 Å². The van der Waals surface area contributed by atoms with Gasteiger partial charge in [-0.2, -0.15) is 0 Å². The largest absolute Gasteiger partial charge is 0.465 e. The number of hydrogen-bond donors (Lipinski definition) is 1. The topological polar surface area (TPSA) is 41.6 Å². The fourth-order valence-electron chi connectivity index (χ4n) is 1.85. The zero-order chi connectivity index (χ0) is 13.9. The zero-order valence-electron chi connectivity index (χ0n) is 11.9. The van der Waals surface area contributed by atoms with Crippen LogP contribution in [0.25, 0.3) is 0 Å². The number of nitrogens with one attached hydrogen (secondary N) is 1. The van der Waals surface area contributed by atoms with Crippen molar-refractivity contribution in [2.24, 2.45) is 0 Å². The average Bonchev–Trinajstić information content (AvgIpc) is 2.40. The third kappa shape index (κ3) is 7.59. The Morgan fingerprint density at radius 3 is 2.74 bits per heavy atom. The van der Waals surface area contributed by atoms with E-state index in [0.717, 1.165) is 26.1 Å². The summed E-state index contributed by atoms with van der Waals surface area (Å²) in [5, 5.41) is 3.09. The molecule has 0 saturated carbocycles. The second-order valence-electron chi connectivity index (χ2n) is 4.56. The molecule has 0 amide bonds. The van der Waals surface area contributed by atoms with E-state index in [0.29, 0.717) is 13.2 Å². The van der Waals surface area contributed by atoms with Crippen LogP contribution in [0.4, 0.5) is 0 Å². The van der Waals surface area contributed by atoms with E-state index in [1.54, 1.807) is 0 Å². The van der Waals surface area contributed by atoms with Crippen molar-refractivity contribution < 1.29 is 9.53 Å². The maximum Gasteiger partial charge on any atom is 0.319 e. The van der Waals surface area contributed by atoms with E-state index in [2.05, 4.69) is 41.5 Å². The van der Waals surface area contributed by atoms with Crippen LogP contribution in [-0.2, 0) is 16.1 Å². The Balaban J connectivity index is 2.04. The van der Waals surface area contributed by atoms with E-state index in [4.69, 9.17) is 4.74 Å². The molecule has 0 atom stereocenters. The fourth-order valence-corrected chi connectivity index (χ4v) is 1.85. The molecular weight excluding hydrogens is 240 g/mol. The van der Waals surface area contributed by atoms with Gasteiger partial charge in [-0.25, -0.2) is 0 Å². The highest BCUT2D eigenvalue weighted by Gasteiger charge is 2.01. The molecule has 19 heavy (non-hydrogen) atoms. The second kappa shape index (κ2) is 9.53. The van der Waals surface area contributed by atoms with E-state index >= 15 is 0 Å². The van der Waals surface area contributed by atoms with Crippen LogP contribution in [-0.4, -0.2) is 44.2 Å². The third-order valence-electron chi connectivity index (χ3n) is 2.76. The number of hydrogen-bond acceptors (Lipinski definition) is 4. The van der Waals surface area contributed by atoms with Gasteiger partial charge in [-0.1, -0.05) is 30.3 Å². The van der Waals surface area contributed by atoms with Crippen molar-refractivity contribution in [2.75, 3.05) is 33.3 Å². The predicted octanol–water partition coefficient (Wildman–Crippen LogP) is 1.66. The highest BCUT2D eigenvalue weighted by molar-refractivity contribution is 5.71. The molecule has 0 fully saturated rings. The SMILES string of the molecule is CCOC(=O)CNCCCN(C)Cc1ccccc1. The molecule has 1 rings (SSSR count). The van der Waals surface area contributed by atoms with Gasteiger partial charge in [0.05, 0.1) is 13.2 Å². The molecular formula is C15H24N2O2. The number of carbonyl (C=O) groups is 1. The van der Waals surface area contributed by atoms with E-state index in [-0.39, 0.29) is 5.97 Å². The minimum absolute atomic E-state index is 0.180. The molecule has 0 aromatic heterocycles. The lowest BCUT2D eigenvalue weighted by atomic mass is 10.2. The lowest BCUT2D eigenvalue weighted by molar-refractivity contribution is -0.141. The summed E-state index contributed by atoms with van der Waals surface area (Å²) in [7, 11) is 2.11. The molecule has 0 bridgehead atoms. The maximum atomic E-state index is 11.1. The summed E-state index contributed by atoms with van der Waals surface area (Å²) >= 11 is 0. The smallest absolute Gasteiger partial charge is 0.319 e. The molecule has 106 valence electrons. The van der Waals surface area contributed by atoms with Gasteiger partial charge in [0.15, 0.2) is 0 Å². The van der Waals surface area contributed by atoms with Crippen molar-refractivity contribution in [1.29, 1.82) is 0 Å². The van der Waals surface area contributed by atoms with Gasteiger partial charge in [0.25, 0.3) is 0 Å². The monoisotopic (exact) mass is 264 g/mol. The number of benzene rings is 1. The Hall–Kier alpha value is -1.39. The highest BCUT2D eigenvalue weighted by atomic mass is 16.5. The molecule has 1 aromatic rings. The Morgan fingerprint density at radius 2 is 2.05 bits per heavy atom. The Morgan fingerprint density at radius 1 is 1.32 bits per heavy atom. The molecule has 0 radical (unpaired) electrons. The summed E-state index contributed by atoms with van der Waals surface area (Å²) in [6.07, 6.45) is 1.02. The molecule has 0 spiro atoms. The van der Waals surface area contributed by atoms with Crippen LogP contribution in [0.1, 0.15) is 18.9 Å². The zero-order valence-corrected chi connectivity index (χ0v) is 11.9. The van der Waals surface area contributed by atoms with Gasteiger partial charge in [0.1, 0.15) is 0 Å². The van der Waals surface area contributed by atoms with Crippen LogP contribution in [0.2, 0.25) is 0 Å². The van der Waals surface area contributed by atoms with Gasteiger partial charge in [-0.15, -0.1) is 0 Å². The molecule has 1 aromatic carbocycles. The van der Waals surface area contributed by atoms with Crippen molar-refractivity contribution >= 4 is 5.97 Å². The first-order valence-electron chi connectivity index (χ1n) is 6.81. The molecule has 0 saturated heterocycles. The van der Waals surface area contributed by atoms with Crippen LogP contribution in [0.15, 0.2) is 30.3 Å². The first-order valence-corrected chi connectivity index (χ1v) is 6.81. The first kappa shape index (κ1) is 15.7. The summed E-state index contributed by atoms with van der Waals surface area (Å²) in [6.45, 7) is 5.36. The summed E-state index contributed by atoms with van der Waals surface area (Å²) in [4.78, 5) is 13.4. The number of rotatable bonds is 9. The first-order chi connectivity index (χ1) is 9.22. The molecule has 1 N–H and O–H groups in total. The highest BCUT2D eigenvalue weighted by Crippen LogP contribution is 2.02. The number of carbonyl (C=O) groups excluding carboxylic acids is 1. The molecule has 0 aliphatic heterocycles. The fraction of sp³-hybridized carbons (Fsp3) is 0.533. The van der Waals surface area contributed by atoms with Crippen LogP contribution in [0, 0.1) is 0 Å². The summed E-state index contributed by atoms with van der Waals surface area (Å²) < 4.78 is 4.84. The Kier molecular flexibility index (Phi) is 7.86. The minimum Gasteiger partial charge on any atom is -0.465 e. The Bertz CT molecular complexity index is 354. The van der Waals surface area contributed by atoms with Crippen molar-refractivity contribution in [1.82, 2.24) is 10.2 Å². The summed E-state index contributed by atoms with van der Waals surface area (Å²) in [5.74, 6) is -0.180. The number of ether oxygens (including phenoxy) is 1. The van der Waals surface area contributed by atoms with Gasteiger partial charge >= 0.3 is 5.97 Å². The van der Waals surface area contributed by atoms with Gasteiger partial charge in [0, 0.05) is 6.54 Å². The molecule has 0 unspecified atom stereocenters. The molecule has 4 heteroatoms. The normalized spacial score (nSPS) is 10.7. The third-order valence-corrected chi connectivity index (χ3v) is 2.76. The summed E-state index contributed by atoms with van der Waals surface area (Å²) in [5.41, 5.74) is 1.32. The number of esters is 1. The molecule has 4 nitrogen and oxygen atoms in total. The predicted molar refractivity (Wildman–Crippen MR) is 76.9 cm³/mol. The molecule has 0 aliphatic carbocycles. The van der Waals surface area contributed by atoms with Crippen molar-refractivity contribution in [2.45, 2.75) is 19.9 Å². The van der Waals surface area contributed by atoms with Crippen LogP contribution >= 0.6 is 0 Å². The van der Waals surface area contributed by atoms with Crippen molar-refractivity contribution in [3.8, 4) is 0 Å². The van der Waals surface area contributed by atoms with Gasteiger partial charge in [-0.05, 0) is 39.0 Å². The summed E-state index contributed by atoms with van der Waals surface area (Å²) in [6, 6.07) is 10.4. The van der Waals surface area contributed by atoms with Crippen molar-refractivity contribution in [3.63, 3.8) is 0 Å². The molecule has 0 aliphatic rings.